The lowest BCUT2D eigenvalue weighted by Crippen LogP contribution is -3.00. The topological polar surface area (TPSA) is 101 Å². The second kappa shape index (κ2) is 14.3. The van der Waals surface area contributed by atoms with Crippen molar-refractivity contribution in [2.75, 3.05) is 18.0 Å². The third kappa shape index (κ3) is 6.68. The van der Waals surface area contributed by atoms with E-state index < -0.39 is 7.26 Å². The second-order valence-electron chi connectivity index (χ2n) is 10.4. The molecule has 0 spiro atoms. The number of hydrogen-bond acceptors (Lipinski definition) is 6. The molecule has 1 heterocycles. The molecule has 0 radical (unpaired) electrons. The van der Waals surface area contributed by atoms with E-state index in [1.165, 1.54) is 34.5 Å². The molecule has 7 nitrogen and oxygen atoms in total. The quantitative estimate of drug-likeness (QED) is 0.173. The molecule has 4 aromatic carbocycles. The summed E-state index contributed by atoms with van der Waals surface area (Å²) in [6.07, 6.45) is 5.53. The number of carbonyl (C=O) groups is 3. The normalized spacial score (nSPS) is 12.4. The molecule has 224 valence electrons. The van der Waals surface area contributed by atoms with Gasteiger partial charge in [-0.2, -0.15) is 0 Å². The van der Waals surface area contributed by atoms with Crippen LogP contribution in [-0.4, -0.2) is 40.1 Å². The van der Waals surface area contributed by atoms with Crippen molar-refractivity contribution in [2.45, 2.75) is 6.42 Å². The predicted octanol–water partition coefficient (Wildman–Crippen LogP) is 1.97. The van der Waals surface area contributed by atoms with Crippen molar-refractivity contribution in [1.82, 2.24) is 15.3 Å². The van der Waals surface area contributed by atoms with Crippen LogP contribution in [-0.2, 0) is 0 Å². The third-order valence-corrected chi connectivity index (χ3v) is 12.2. The molecule has 2 N–H and O–H groups in total. The van der Waals surface area contributed by atoms with Crippen molar-refractivity contribution in [1.29, 1.82) is 0 Å². The van der Waals surface area contributed by atoms with Crippen LogP contribution >= 0.6 is 7.26 Å². The zero-order chi connectivity index (χ0) is 30.4. The number of ketones is 2. The van der Waals surface area contributed by atoms with Crippen molar-refractivity contribution < 1.29 is 31.4 Å². The molecule has 0 atom stereocenters. The number of Topliss-reactive ketones (excluding diaryl/α,β-unsaturated/α-hetero) is 1. The van der Waals surface area contributed by atoms with Crippen LogP contribution in [0.15, 0.2) is 140 Å². The molecule has 0 saturated carbocycles. The highest BCUT2D eigenvalue weighted by Gasteiger charge is 2.44. The lowest BCUT2D eigenvalue weighted by Gasteiger charge is -2.27. The van der Waals surface area contributed by atoms with Crippen molar-refractivity contribution in [3.8, 4) is 0 Å². The number of carbonyl (C=O) groups excluding carboxylic acids is 3. The molecular weight excluding hydrogens is 647 g/mol. The predicted molar refractivity (Wildman–Crippen MR) is 176 cm³/mol. The van der Waals surface area contributed by atoms with Crippen LogP contribution in [0.5, 0.6) is 0 Å². The molecule has 6 rings (SSSR count). The summed E-state index contributed by atoms with van der Waals surface area (Å²) in [4.78, 5) is 46.0. The highest BCUT2D eigenvalue weighted by molar-refractivity contribution is 7.95. The molecule has 0 unspecified atom stereocenters. The summed E-state index contributed by atoms with van der Waals surface area (Å²) in [5, 5.41) is 10.0. The SMILES string of the molecule is O=C(NCCC[P+](c1ccccc1)(c1ccccc1)c1ccccc1)c1ccc(NC2=CC(=O)c3ncncc3C2=O)cc1.[Br-]. The van der Waals surface area contributed by atoms with Crippen LogP contribution in [0.1, 0.15) is 37.6 Å². The summed E-state index contributed by atoms with van der Waals surface area (Å²) >= 11 is 0. The van der Waals surface area contributed by atoms with Gasteiger partial charge >= 0.3 is 0 Å². The minimum Gasteiger partial charge on any atom is -1.00 e. The molecular formula is C36H30BrN4O3P. The van der Waals surface area contributed by atoms with Crippen LogP contribution in [0.3, 0.4) is 0 Å². The van der Waals surface area contributed by atoms with Gasteiger partial charge in [0.25, 0.3) is 5.91 Å². The largest absolute Gasteiger partial charge is 1.00 e. The van der Waals surface area contributed by atoms with Gasteiger partial charge in [0.1, 0.15) is 35.2 Å². The summed E-state index contributed by atoms with van der Waals surface area (Å²) < 4.78 is 0. The van der Waals surface area contributed by atoms with Gasteiger partial charge in [-0.05, 0) is 67.1 Å². The van der Waals surface area contributed by atoms with Crippen LogP contribution in [0.4, 0.5) is 5.69 Å². The second-order valence-corrected chi connectivity index (χ2v) is 14.0. The van der Waals surface area contributed by atoms with E-state index in [9.17, 15) is 14.4 Å². The molecule has 1 aliphatic rings. The van der Waals surface area contributed by atoms with Crippen LogP contribution < -0.4 is 43.5 Å². The highest BCUT2D eigenvalue weighted by Crippen LogP contribution is 2.55. The Balaban J connectivity index is 0.00000400. The Bertz CT molecular complexity index is 1740. The van der Waals surface area contributed by atoms with Crippen molar-refractivity contribution in [3.63, 3.8) is 0 Å². The van der Waals surface area contributed by atoms with Crippen LogP contribution in [0.25, 0.3) is 0 Å². The molecule has 0 aliphatic heterocycles. The van der Waals surface area contributed by atoms with E-state index in [1.54, 1.807) is 24.3 Å². The van der Waals surface area contributed by atoms with Crippen LogP contribution in [0.2, 0.25) is 0 Å². The Morgan fingerprint density at radius 3 is 1.84 bits per heavy atom. The van der Waals surface area contributed by atoms with E-state index in [2.05, 4.69) is 93.4 Å². The molecule has 1 aliphatic carbocycles. The first-order valence-corrected chi connectivity index (χ1v) is 16.3. The smallest absolute Gasteiger partial charge is 0.251 e. The zero-order valence-corrected chi connectivity index (χ0v) is 26.7. The van der Waals surface area contributed by atoms with E-state index in [0.29, 0.717) is 17.8 Å². The molecule has 0 bridgehead atoms. The molecule has 5 aromatic rings. The molecule has 0 fully saturated rings. The fourth-order valence-electron chi connectivity index (χ4n) is 5.56. The Labute approximate surface area is 273 Å². The minimum atomic E-state index is -1.96. The Kier molecular flexibility index (Phi) is 10.1. The van der Waals surface area contributed by atoms with Gasteiger partial charge in [-0.25, -0.2) is 9.97 Å². The van der Waals surface area contributed by atoms with Gasteiger partial charge < -0.3 is 27.6 Å². The van der Waals surface area contributed by atoms with E-state index in [0.717, 1.165) is 12.6 Å². The van der Waals surface area contributed by atoms with Gasteiger partial charge in [0.15, 0.2) is 0 Å². The maximum Gasteiger partial charge on any atom is 0.251 e. The molecule has 1 amide bonds. The fraction of sp³-hybridized carbons (Fsp3) is 0.0833. The Morgan fingerprint density at radius 2 is 1.29 bits per heavy atom. The zero-order valence-electron chi connectivity index (χ0n) is 24.3. The molecule has 45 heavy (non-hydrogen) atoms. The average Bonchev–Trinajstić information content (AvgIpc) is 3.09. The van der Waals surface area contributed by atoms with Gasteiger partial charge in [0.2, 0.25) is 11.6 Å². The van der Waals surface area contributed by atoms with Gasteiger partial charge in [-0.3, -0.25) is 14.4 Å². The molecule has 9 heteroatoms. The Hall–Kier alpha value is -4.78. The van der Waals surface area contributed by atoms with Crippen LogP contribution in [0, 0.1) is 0 Å². The van der Waals surface area contributed by atoms with Gasteiger partial charge in [0.05, 0.1) is 17.4 Å². The van der Waals surface area contributed by atoms with E-state index in [1.807, 2.05) is 18.2 Å². The van der Waals surface area contributed by atoms with Crippen molar-refractivity contribution in [2.24, 2.45) is 0 Å². The summed E-state index contributed by atoms with van der Waals surface area (Å²) in [6, 6.07) is 38.9. The van der Waals surface area contributed by atoms with E-state index in [4.69, 9.17) is 0 Å². The summed E-state index contributed by atoms with van der Waals surface area (Å²) in [5.74, 6) is -0.893. The first-order chi connectivity index (χ1) is 21.6. The number of amides is 1. The Morgan fingerprint density at radius 1 is 0.733 bits per heavy atom. The number of hydrogen-bond donors (Lipinski definition) is 2. The minimum absolute atomic E-state index is 0. The number of nitrogens with one attached hydrogen (secondary N) is 2. The first-order valence-electron chi connectivity index (χ1n) is 14.4. The number of nitrogens with zero attached hydrogens (tertiary/aromatic N) is 2. The fourth-order valence-corrected chi connectivity index (χ4v) is 9.90. The number of fused-ring (bicyclic) bond motifs is 1. The van der Waals surface area contributed by atoms with Crippen molar-refractivity contribution in [3.05, 3.63) is 156 Å². The third-order valence-electron chi connectivity index (χ3n) is 7.68. The van der Waals surface area contributed by atoms with Gasteiger partial charge in [-0.15, -0.1) is 0 Å². The molecule has 1 aromatic heterocycles. The monoisotopic (exact) mass is 676 g/mol. The highest BCUT2D eigenvalue weighted by atomic mass is 79.9. The lowest BCUT2D eigenvalue weighted by atomic mass is 9.98. The number of allylic oxidation sites excluding steroid dienone is 2. The summed E-state index contributed by atoms with van der Waals surface area (Å²) in [5.41, 5.74) is 1.48. The molecule has 0 saturated heterocycles. The summed E-state index contributed by atoms with van der Waals surface area (Å²) in [7, 11) is -1.96. The number of rotatable bonds is 10. The first kappa shape index (κ1) is 31.6. The van der Waals surface area contributed by atoms with Gasteiger partial charge in [0, 0.05) is 30.1 Å². The standard InChI is InChI=1S/C36H29N4O3P.BrH/c41-33-23-32(35(42)31-24-37-25-39-34(31)33)40-27-19-17-26(18-20-27)36(43)38-21-10-22-44(28-11-4-1-5-12-28,29-13-6-2-7-14-29)30-15-8-3-9-16-30;/h1-9,11-20,23-25H,10,21-22H2,(H-,38,40,41,43);1H. The average molecular weight is 678 g/mol. The summed E-state index contributed by atoms with van der Waals surface area (Å²) in [6.45, 7) is 0.526. The van der Waals surface area contributed by atoms with Crippen molar-refractivity contribution >= 4 is 46.3 Å². The number of benzene rings is 4. The number of anilines is 1. The maximum absolute atomic E-state index is 13.1. The van der Waals surface area contributed by atoms with Gasteiger partial charge in [-0.1, -0.05) is 54.6 Å². The van der Waals surface area contributed by atoms with E-state index >= 15 is 0 Å². The number of halogens is 1. The number of aromatic nitrogens is 2. The van der Waals surface area contributed by atoms with E-state index in [-0.39, 0.29) is 51.4 Å². The lowest BCUT2D eigenvalue weighted by molar-refractivity contribution is -0.0000306. The maximum atomic E-state index is 13.1.